The van der Waals surface area contributed by atoms with Gasteiger partial charge in [-0.15, -0.1) is 0 Å². The van der Waals surface area contributed by atoms with Crippen LogP contribution in [0, 0.1) is 0 Å². The molecular weight excluding hydrogens is 294 g/mol. The molecule has 1 heterocycles. The minimum atomic E-state index is -0.900. The van der Waals surface area contributed by atoms with Gasteiger partial charge in [-0.2, -0.15) is 5.10 Å². The minimum Gasteiger partial charge on any atom is -0.379 e. The topological polar surface area (TPSA) is 46.9 Å². The lowest BCUT2D eigenvalue weighted by Gasteiger charge is -2.10. The van der Waals surface area contributed by atoms with Crippen LogP contribution < -0.4 is 5.32 Å². The molecule has 4 nitrogen and oxygen atoms in total. The largest absolute Gasteiger partial charge is 0.379 e. The van der Waals surface area contributed by atoms with Crippen molar-refractivity contribution in [2.24, 2.45) is 0 Å². The number of halogens is 1. The number of rotatable bonds is 6. The highest BCUT2D eigenvalue weighted by Gasteiger charge is 2.05. The molecule has 6 heteroatoms. The molecule has 108 valence electrons. The lowest BCUT2D eigenvalue weighted by Crippen LogP contribution is -2.08. The van der Waals surface area contributed by atoms with Crippen LogP contribution in [-0.2, 0) is 29.6 Å². The summed E-state index contributed by atoms with van der Waals surface area (Å²) in [6, 6.07) is 7.71. The molecule has 0 aliphatic heterocycles. The van der Waals surface area contributed by atoms with E-state index in [1.54, 1.807) is 12.5 Å². The Kier molecular flexibility index (Phi) is 5.20. The molecule has 1 aromatic heterocycles. The van der Waals surface area contributed by atoms with Gasteiger partial charge in [0.05, 0.1) is 12.2 Å². The van der Waals surface area contributed by atoms with E-state index in [0.29, 0.717) is 17.3 Å². The van der Waals surface area contributed by atoms with E-state index in [4.69, 9.17) is 11.6 Å². The Balaban J connectivity index is 2.08. The van der Waals surface area contributed by atoms with E-state index in [1.165, 1.54) is 0 Å². The van der Waals surface area contributed by atoms with E-state index in [0.717, 1.165) is 23.5 Å². The summed E-state index contributed by atoms with van der Waals surface area (Å²) in [6.07, 6.45) is 3.48. The van der Waals surface area contributed by atoms with E-state index < -0.39 is 10.8 Å². The second-order valence-corrected chi connectivity index (χ2v) is 6.36. The van der Waals surface area contributed by atoms with E-state index in [1.807, 2.05) is 28.9 Å². The molecule has 0 radical (unpaired) electrons. The monoisotopic (exact) mass is 311 g/mol. The van der Waals surface area contributed by atoms with Gasteiger partial charge in [-0.25, -0.2) is 0 Å². The Hall–Kier alpha value is -1.33. The highest BCUT2D eigenvalue weighted by atomic mass is 35.5. The lowest BCUT2D eigenvalue weighted by atomic mass is 10.2. The fraction of sp³-hybridized carbons (Fsp3) is 0.357. The predicted octanol–water partition coefficient (Wildman–Crippen LogP) is 3.05. The van der Waals surface area contributed by atoms with Crippen LogP contribution in [0.3, 0.4) is 0 Å². The van der Waals surface area contributed by atoms with Gasteiger partial charge < -0.3 is 5.32 Å². The van der Waals surface area contributed by atoms with Gasteiger partial charge in [-0.1, -0.05) is 11.6 Å². The van der Waals surface area contributed by atoms with Gasteiger partial charge in [0.1, 0.15) is 0 Å². The van der Waals surface area contributed by atoms with Crippen LogP contribution in [0.25, 0.3) is 0 Å². The number of hydrogen-bond donors (Lipinski definition) is 1. The first kappa shape index (κ1) is 15.1. The van der Waals surface area contributed by atoms with Crippen LogP contribution in [0.2, 0.25) is 5.02 Å². The summed E-state index contributed by atoms with van der Waals surface area (Å²) in [5, 5.41) is 8.23. The first-order chi connectivity index (χ1) is 9.60. The Labute approximate surface area is 126 Å². The average molecular weight is 312 g/mol. The van der Waals surface area contributed by atoms with Crippen LogP contribution >= 0.6 is 11.6 Å². The molecule has 1 N–H and O–H groups in total. The van der Waals surface area contributed by atoms with Gasteiger partial charge in [-0.3, -0.25) is 8.89 Å². The van der Waals surface area contributed by atoms with Crippen LogP contribution in [0.15, 0.2) is 30.5 Å². The summed E-state index contributed by atoms with van der Waals surface area (Å²) in [6.45, 7) is 3.61. The van der Waals surface area contributed by atoms with Crippen LogP contribution in [0.5, 0.6) is 0 Å². The number of aromatic nitrogens is 2. The number of nitrogens with zero attached hydrogens (tertiary/aromatic N) is 2. The zero-order chi connectivity index (χ0) is 14.5. The lowest BCUT2D eigenvalue weighted by molar-refractivity contribution is 0.627. The van der Waals surface area contributed by atoms with Crippen molar-refractivity contribution in [2.75, 3.05) is 11.6 Å². The Morgan fingerprint density at radius 3 is 2.90 bits per heavy atom. The minimum absolute atomic E-state index is 0.473. The van der Waals surface area contributed by atoms with Crippen LogP contribution in [0.4, 0.5) is 5.69 Å². The molecule has 0 aliphatic rings. The molecule has 1 aromatic carbocycles. The molecule has 20 heavy (non-hydrogen) atoms. The van der Waals surface area contributed by atoms with Crippen molar-refractivity contribution in [1.29, 1.82) is 0 Å². The summed E-state index contributed by atoms with van der Waals surface area (Å²) in [5.74, 6) is 0.473. The number of hydrogen-bond acceptors (Lipinski definition) is 3. The number of benzene rings is 1. The summed E-state index contributed by atoms with van der Waals surface area (Å²) < 4.78 is 13.3. The van der Waals surface area contributed by atoms with E-state index >= 15 is 0 Å². The van der Waals surface area contributed by atoms with E-state index in [2.05, 4.69) is 17.3 Å². The first-order valence-corrected chi connectivity index (χ1v) is 8.53. The fourth-order valence-electron chi connectivity index (χ4n) is 2.00. The highest BCUT2D eigenvalue weighted by Crippen LogP contribution is 2.22. The van der Waals surface area contributed by atoms with Crippen LogP contribution in [0.1, 0.15) is 18.2 Å². The Morgan fingerprint density at radius 1 is 1.40 bits per heavy atom. The third-order valence-corrected chi connectivity index (χ3v) is 4.07. The molecule has 0 fully saturated rings. The molecule has 2 rings (SSSR count). The smallest absolute Gasteiger partial charge is 0.0575 e. The van der Waals surface area contributed by atoms with Crippen molar-refractivity contribution < 1.29 is 4.21 Å². The standard InChI is InChI=1S/C14H18ClN3OS/c1-3-18-13(6-7-17-18)9-16-12-4-5-14(15)11(8-12)10-20(2)19/h4-8,16H,3,9-10H2,1-2H3/t20-/m0/s1. The summed E-state index contributed by atoms with van der Waals surface area (Å²) >= 11 is 6.11. The van der Waals surface area contributed by atoms with Gasteiger partial charge in [-0.05, 0) is 36.8 Å². The van der Waals surface area contributed by atoms with Gasteiger partial charge in [0.2, 0.25) is 0 Å². The van der Waals surface area contributed by atoms with Crippen molar-refractivity contribution in [3.8, 4) is 0 Å². The maximum atomic E-state index is 11.3. The predicted molar refractivity (Wildman–Crippen MR) is 84.5 cm³/mol. The summed E-state index contributed by atoms with van der Waals surface area (Å²) in [7, 11) is -0.900. The van der Waals surface area contributed by atoms with Crippen molar-refractivity contribution in [1.82, 2.24) is 9.78 Å². The second kappa shape index (κ2) is 6.90. The van der Waals surface area contributed by atoms with Gasteiger partial charge >= 0.3 is 0 Å². The third-order valence-electron chi connectivity index (χ3n) is 2.98. The molecular formula is C14H18ClN3OS. The third kappa shape index (κ3) is 3.84. The Morgan fingerprint density at radius 2 is 2.20 bits per heavy atom. The molecule has 0 unspecified atom stereocenters. The SMILES string of the molecule is CCn1nccc1CNc1ccc(Cl)c(C[S@](C)=O)c1. The average Bonchev–Trinajstić information content (AvgIpc) is 2.86. The van der Waals surface area contributed by atoms with Gasteiger partial charge in [0.15, 0.2) is 0 Å². The first-order valence-electron chi connectivity index (χ1n) is 6.43. The second-order valence-electron chi connectivity index (χ2n) is 4.52. The molecule has 0 aliphatic carbocycles. The molecule has 0 saturated carbocycles. The molecule has 0 spiro atoms. The van der Waals surface area contributed by atoms with Crippen molar-refractivity contribution in [3.63, 3.8) is 0 Å². The number of nitrogens with one attached hydrogen (secondary N) is 1. The Bertz CT molecular complexity index is 612. The number of aryl methyl sites for hydroxylation is 1. The van der Waals surface area contributed by atoms with Crippen molar-refractivity contribution >= 4 is 28.1 Å². The van der Waals surface area contributed by atoms with Crippen molar-refractivity contribution in [3.05, 3.63) is 46.7 Å². The molecule has 2 aromatic rings. The summed E-state index contributed by atoms with van der Waals surface area (Å²) in [5.41, 5.74) is 3.00. The normalized spacial score (nSPS) is 12.3. The quantitative estimate of drug-likeness (QED) is 0.892. The number of anilines is 1. The highest BCUT2D eigenvalue weighted by molar-refractivity contribution is 7.83. The fourth-order valence-corrected chi connectivity index (χ4v) is 2.94. The molecule has 0 bridgehead atoms. The summed E-state index contributed by atoms with van der Waals surface area (Å²) in [4.78, 5) is 0. The van der Waals surface area contributed by atoms with E-state index in [9.17, 15) is 4.21 Å². The molecule has 0 saturated heterocycles. The maximum Gasteiger partial charge on any atom is 0.0575 e. The van der Waals surface area contributed by atoms with Crippen LogP contribution in [-0.4, -0.2) is 20.2 Å². The zero-order valence-corrected chi connectivity index (χ0v) is 13.2. The van der Waals surface area contributed by atoms with Gasteiger partial charge in [0.25, 0.3) is 0 Å². The zero-order valence-electron chi connectivity index (χ0n) is 11.6. The maximum absolute atomic E-state index is 11.3. The van der Waals surface area contributed by atoms with Crippen molar-refractivity contribution in [2.45, 2.75) is 25.8 Å². The van der Waals surface area contributed by atoms with E-state index in [-0.39, 0.29) is 0 Å². The molecule has 1 atom stereocenters. The molecule has 0 amide bonds. The van der Waals surface area contributed by atoms with Gasteiger partial charge in [0, 0.05) is 46.3 Å².